The number of rotatable bonds is 13. The maximum atomic E-state index is 13.4. The molecule has 2 N–H and O–H groups in total. The lowest BCUT2D eigenvalue weighted by Crippen LogP contribution is -2.50. The SMILES string of the molecule is COc1ccc(S(=O)(=O)N(CC(C)C)CC(O)C(Cc2ccccc2)NC(=O)/C=C/C(C)=O)cc1. The molecule has 35 heavy (non-hydrogen) atoms. The second-order valence-corrected chi connectivity index (χ2v) is 10.6. The van der Waals surface area contributed by atoms with Crippen LogP contribution in [0, 0.1) is 5.92 Å². The number of hydrogen-bond donors (Lipinski definition) is 2. The van der Waals surface area contributed by atoms with Crippen LogP contribution in [0.3, 0.4) is 0 Å². The van der Waals surface area contributed by atoms with Crippen molar-refractivity contribution in [3.8, 4) is 5.75 Å². The van der Waals surface area contributed by atoms with Gasteiger partial charge in [0.1, 0.15) is 5.75 Å². The molecule has 0 saturated carbocycles. The van der Waals surface area contributed by atoms with E-state index < -0.39 is 28.1 Å². The van der Waals surface area contributed by atoms with Gasteiger partial charge in [0.15, 0.2) is 5.78 Å². The maximum Gasteiger partial charge on any atom is 0.244 e. The minimum absolute atomic E-state index is 0.00381. The number of ether oxygens (including phenoxy) is 1. The van der Waals surface area contributed by atoms with Crippen molar-refractivity contribution >= 4 is 21.7 Å². The molecule has 9 heteroatoms. The third-order valence-corrected chi connectivity index (χ3v) is 7.06. The van der Waals surface area contributed by atoms with E-state index in [1.807, 2.05) is 44.2 Å². The zero-order chi connectivity index (χ0) is 26.0. The fourth-order valence-corrected chi connectivity index (χ4v) is 5.11. The molecule has 190 valence electrons. The maximum absolute atomic E-state index is 13.4. The van der Waals surface area contributed by atoms with E-state index in [2.05, 4.69) is 5.32 Å². The van der Waals surface area contributed by atoms with Crippen molar-refractivity contribution in [3.05, 3.63) is 72.3 Å². The highest BCUT2D eigenvalue weighted by Crippen LogP contribution is 2.21. The Morgan fingerprint density at radius 2 is 1.66 bits per heavy atom. The normalized spacial score (nSPS) is 13.7. The van der Waals surface area contributed by atoms with Crippen molar-refractivity contribution in [1.29, 1.82) is 0 Å². The minimum Gasteiger partial charge on any atom is -0.497 e. The molecule has 2 aromatic rings. The zero-order valence-electron chi connectivity index (χ0n) is 20.5. The number of aliphatic hydroxyl groups excluding tert-OH is 1. The van der Waals surface area contributed by atoms with Crippen LogP contribution in [0.5, 0.6) is 5.75 Å². The standard InChI is InChI=1S/C26H34N2O6S/c1-19(2)17-28(35(32,33)23-13-11-22(34-4)12-14-23)18-25(30)24(16-21-8-6-5-7-9-21)27-26(31)15-10-20(3)29/h5-15,19,24-25,30H,16-18H2,1-4H3,(H,27,31)/b15-10+. The molecule has 0 aliphatic carbocycles. The Labute approximate surface area is 207 Å². The highest BCUT2D eigenvalue weighted by atomic mass is 32.2. The van der Waals surface area contributed by atoms with Crippen LogP contribution >= 0.6 is 0 Å². The molecular weight excluding hydrogens is 468 g/mol. The number of methoxy groups -OCH3 is 1. The Hall–Kier alpha value is -3.01. The summed E-state index contributed by atoms with van der Waals surface area (Å²) in [6.45, 7) is 5.06. The Kier molecular flexibility index (Phi) is 10.6. The predicted molar refractivity (Wildman–Crippen MR) is 134 cm³/mol. The smallest absolute Gasteiger partial charge is 0.244 e. The van der Waals surface area contributed by atoms with Gasteiger partial charge in [-0.3, -0.25) is 9.59 Å². The van der Waals surface area contributed by atoms with Gasteiger partial charge in [-0.1, -0.05) is 44.2 Å². The first kappa shape index (κ1) is 28.2. The van der Waals surface area contributed by atoms with Crippen LogP contribution in [0.25, 0.3) is 0 Å². The average molecular weight is 503 g/mol. The van der Waals surface area contributed by atoms with E-state index in [0.717, 1.165) is 17.7 Å². The molecule has 1 amide bonds. The predicted octanol–water partition coefficient (Wildman–Crippen LogP) is 2.58. The lowest BCUT2D eigenvalue weighted by molar-refractivity contribution is -0.118. The Morgan fingerprint density at radius 3 is 2.20 bits per heavy atom. The van der Waals surface area contributed by atoms with E-state index in [1.165, 1.54) is 30.5 Å². The molecule has 0 heterocycles. The summed E-state index contributed by atoms with van der Waals surface area (Å²) in [4.78, 5) is 23.7. The van der Waals surface area contributed by atoms with E-state index in [1.54, 1.807) is 12.1 Å². The molecule has 0 saturated heterocycles. The monoisotopic (exact) mass is 502 g/mol. The van der Waals surface area contributed by atoms with Gasteiger partial charge in [-0.25, -0.2) is 8.42 Å². The summed E-state index contributed by atoms with van der Waals surface area (Å²) in [5.41, 5.74) is 0.862. The quantitative estimate of drug-likeness (QED) is 0.407. The van der Waals surface area contributed by atoms with Crippen LogP contribution in [0.15, 0.2) is 71.6 Å². The van der Waals surface area contributed by atoms with Crippen LogP contribution in [-0.2, 0) is 26.0 Å². The zero-order valence-corrected chi connectivity index (χ0v) is 21.4. The number of ketones is 1. The van der Waals surface area contributed by atoms with Gasteiger partial charge in [-0.05, 0) is 55.2 Å². The highest BCUT2D eigenvalue weighted by Gasteiger charge is 2.31. The molecule has 2 rings (SSSR count). The number of allylic oxidation sites excluding steroid dienone is 1. The van der Waals surface area contributed by atoms with Gasteiger partial charge in [-0.2, -0.15) is 4.31 Å². The van der Waals surface area contributed by atoms with Gasteiger partial charge in [-0.15, -0.1) is 0 Å². The van der Waals surface area contributed by atoms with Gasteiger partial charge in [0.25, 0.3) is 0 Å². The number of amides is 1. The fourth-order valence-electron chi connectivity index (χ4n) is 3.49. The van der Waals surface area contributed by atoms with Crippen LogP contribution in [0.4, 0.5) is 0 Å². The molecule has 0 aliphatic heterocycles. The number of benzene rings is 2. The molecule has 0 aliphatic rings. The van der Waals surface area contributed by atoms with Crippen LogP contribution in [-0.4, -0.2) is 61.9 Å². The molecular formula is C26H34N2O6S. The minimum atomic E-state index is -3.93. The van der Waals surface area contributed by atoms with Crippen molar-refractivity contribution < 1.29 is 27.9 Å². The third kappa shape index (κ3) is 8.93. The van der Waals surface area contributed by atoms with E-state index >= 15 is 0 Å². The van der Waals surface area contributed by atoms with Crippen LogP contribution in [0.1, 0.15) is 26.3 Å². The second kappa shape index (κ2) is 13.2. The second-order valence-electron chi connectivity index (χ2n) is 8.71. The molecule has 0 aromatic heterocycles. The largest absolute Gasteiger partial charge is 0.497 e. The summed E-state index contributed by atoms with van der Waals surface area (Å²) >= 11 is 0. The number of carbonyl (C=O) groups is 2. The number of nitrogens with zero attached hydrogens (tertiary/aromatic N) is 1. The Balaban J connectivity index is 2.31. The molecule has 8 nitrogen and oxygen atoms in total. The van der Waals surface area contributed by atoms with Crippen molar-refractivity contribution in [2.75, 3.05) is 20.2 Å². The molecule has 2 atom stereocenters. The van der Waals surface area contributed by atoms with Gasteiger partial charge in [0.2, 0.25) is 15.9 Å². The summed E-state index contributed by atoms with van der Waals surface area (Å²) in [6.07, 6.45) is 1.31. The lowest BCUT2D eigenvalue weighted by atomic mass is 10.0. The number of hydrogen-bond acceptors (Lipinski definition) is 6. The van der Waals surface area contributed by atoms with E-state index in [4.69, 9.17) is 4.74 Å². The molecule has 0 fully saturated rings. The summed E-state index contributed by atoms with van der Waals surface area (Å²) in [7, 11) is -2.43. The number of carbonyl (C=O) groups excluding carboxylic acids is 2. The van der Waals surface area contributed by atoms with Crippen LogP contribution < -0.4 is 10.1 Å². The summed E-state index contributed by atoms with van der Waals surface area (Å²) in [5, 5.41) is 13.9. The van der Waals surface area contributed by atoms with Crippen molar-refractivity contribution in [2.24, 2.45) is 5.92 Å². The van der Waals surface area contributed by atoms with E-state index in [0.29, 0.717) is 5.75 Å². The third-order valence-electron chi connectivity index (χ3n) is 5.22. The van der Waals surface area contributed by atoms with E-state index in [-0.39, 0.29) is 36.1 Å². The molecule has 0 bridgehead atoms. The first-order valence-corrected chi connectivity index (χ1v) is 12.8. The molecule has 2 unspecified atom stereocenters. The molecule has 2 aromatic carbocycles. The van der Waals surface area contributed by atoms with Crippen molar-refractivity contribution in [2.45, 2.75) is 44.2 Å². The van der Waals surface area contributed by atoms with Gasteiger partial charge in [0, 0.05) is 19.2 Å². The molecule has 0 radical (unpaired) electrons. The van der Waals surface area contributed by atoms with Crippen LogP contribution in [0.2, 0.25) is 0 Å². The first-order valence-electron chi connectivity index (χ1n) is 11.4. The van der Waals surface area contributed by atoms with Crippen molar-refractivity contribution in [1.82, 2.24) is 9.62 Å². The fraction of sp³-hybridized carbons (Fsp3) is 0.385. The number of nitrogens with one attached hydrogen (secondary N) is 1. The van der Waals surface area contributed by atoms with Gasteiger partial charge in [0.05, 0.1) is 24.2 Å². The van der Waals surface area contributed by atoms with Gasteiger partial charge >= 0.3 is 0 Å². The molecule has 0 spiro atoms. The lowest BCUT2D eigenvalue weighted by Gasteiger charge is -2.30. The number of sulfonamides is 1. The van der Waals surface area contributed by atoms with E-state index in [9.17, 15) is 23.1 Å². The average Bonchev–Trinajstić information content (AvgIpc) is 2.82. The number of aliphatic hydroxyl groups is 1. The summed E-state index contributed by atoms with van der Waals surface area (Å²) in [6, 6.07) is 14.5. The first-order chi connectivity index (χ1) is 16.5. The van der Waals surface area contributed by atoms with Gasteiger partial charge < -0.3 is 15.2 Å². The summed E-state index contributed by atoms with van der Waals surface area (Å²) < 4.78 is 33.2. The summed E-state index contributed by atoms with van der Waals surface area (Å²) in [5.74, 6) is -0.304. The topological polar surface area (TPSA) is 113 Å². The Bertz CT molecular complexity index is 1100. The Morgan fingerprint density at radius 1 is 1.03 bits per heavy atom. The highest BCUT2D eigenvalue weighted by molar-refractivity contribution is 7.89. The van der Waals surface area contributed by atoms with Crippen molar-refractivity contribution in [3.63, 3.8) is 0 Å².